The number of rotatable bonds is 3. The van der Waals surface area contributed by atoms with E-state index in [1.807, 2.05) is 0 Å². The van der Waals surface area contributed by atoms with Crippen molar-refractivity contribution in [3.8, 4) is 0 Å². The molecule has 2 atom stereocenters. The van der Waals surface area contributed by atoms with E-state index < -0.39 is 0 Å². The number of carbonyl (C=O) groups excluding carboxylic acids is 1. The lowest BCUT2D eigenvalue weighted by Gasteiger charge is -2.23. The summed E-state index contributed by atoms with van der Waals surface area (Å²) in [6.07, 6.45) is 5.61. The Labute approximate surface area is 85.4 Å². The molecule has 0 aliphatic heterocycles. The molecule has 0 bridgehead atoms. The van der Waals surface area contributed by atoms with Crippen LogP contribution in [0.3, 0.4) is 0 Å². The highest BCUT2D eigenvalue weighted by Gasteiger charge is 2.40. The first kappa shape index (κ1) is 9.97. The molecule has 0 radical (unpaired) electrons. The lowest BCUT2D eigenvalue weighted by Crippen LogP contribution is -2.48. The normalized spacial score (nSPS) is 34.1. The van der Waals surface area contributed by atoms with E-state index in [1.54, 1.807) is 0 Å². The van der Waals surface area contributed by atoms with Crippen molar-refractivity contribution in [1.82, 2.24) is 5.32 Å². The molecule has 2 unspecified atom stereocenters. The quantitative estimate of drug-likeness (QED) is 0.708. The fraction of sp³-hybridized carbons (Fsp3) is 0.909. The van der Waals surface area contributed by atoms with E-state index in [1.165, 1.54) is 12.8 Å². The third-order valence-corrected chi connectivity index (χ3v) is 3.66. The molecule has 2 aliphatic carbocycles. The van der Waals surface area contributed by atoms with E-state index in [2.05, 4.69) is 12.2 Å². The molecule has 3 heteroatoms. The molecule has 80 valence electrons. The van der Waals surface area contributed by atoms with Gasteiger partial charge in [0.2, 0.25) is 5.91 Å². The van der Waals surface area contributed by atoms with Gasteiger partial charge in [-0.2, -0.15) is 0 Å². The maximum Gasteiger partial charge on any atom is 0.223 e. The summed E-state index contributed by atoms with van der Waals surface area (Å²) in [5.74, 6) is 1.08. The zero-order valence-electron chi connectivity index (χ0n) is 8.88. The van der Waals surface area contributed by atoms with Crippen molar-refractivity contribution in [1.29, 1.82) is 0 Å². The van der Waals surface area contributed by atoms with Crippen molar-refractivity contribution < 1.29 is 4.79 Å². The minimum Gasteiger partial charge on any atom is -0.354 e. The van der Waals surface area contributed by atoms with Crippen molar-refractivity contribution >= 4 is 5.91 Å². The zero-order chi connectivity index (χ0) is 10.2. The third kappa shape index (κ3) is 2.08. The van der Waals surface area contributed by atoms with E-state index in [-0.39, 0.29) is 17.4 Å². The predicted octanol–water partition coefficient (Wildman–Crippen LogP) is 1.03. The summed E-state index contributed by atoms with van der Waals surface area (Å²) in [6, 6.07) is 0. The molecule has 0 heterocycles. The van der Waals surface area contributed by atoms with E-state index in [0.29, 0.717) is 12.5 Å². The largest absolute Gasteiger partial charge is 0.354 e. The Morgan fingerprint density at radius 3 is 2.57 bits per heavy atom. The summed E-state index contributed by atoms with van der Waals surface area (Å²) in [7, 11) is 0. The van der Waals surface area contributed by atoms with Gasteiger partial charge < -0.3 is 11.1 Å². The molecule has 14 heavy (non-hydrogen) atoms. The van der Waals surface area contributed by atoms with Gasteiger partial charge in [-0.25, -0.2) is 0 Å². The molecule has 2 aliphatic rings. The molecule has 0 spiro atoms. The van der Waals surface area contributed by atoms with E-state index in [9.17, 15) is 4.79 Å². The topological polar surface area (TPSA) is 55.1 Å². The number of carbonyl (C=O) groups is 1. The van der Waals surface area contributed by atoms with Crippen LogP contribution in [0.1, 0.15) is 39.0 Å². The van der Waals surface area contributed by atoms with Gasteiger partial charge in [0.25, 0.3) is 0 Å². The molecule has 0 aromatic rings. The zero-order valence-corrected chi connectivity index (χ0v) is 8.88. The average molecular weight is 196 g/mol. The van der Waals surface area contributed by atoms with Gasteiger partial charge in [0.05, 0.1) is 0 Å². The second-order valence-electron chi connectivity index (χ2n) is 5.11. The molecule has 2 saturated carbocycles. The van der Waals surface area contributed by atoms with Gasteiger partial charge >= 0.3 is 0 Å². The predicted molar refractivity (Wildman–Crippen MR) is 55.7 cm³/mol. The van der Waals surface area contributed by atoms with E-state index >= 15 is 0 Å². The van der Waals surface area contributed by atoms with Crippen LogP contribution in [0.4, 0.5) is 0 Å². The Bertz CT molecular complexity index is 233. The summed E-state index contributed by atoms with van der Waals surface area (Å²) in [4.78, 5) is 11.5. The molecule has 3 N–H and O–H groups in total. The highest BCUT2D eigenvalue weighted by molar-refractivity contribution is 5.81. The lowest BCUT2D eigenvalue weighted by atomic mass is 9.99. The van der Waals surface area contributed by atoms with Crippen LogP contribution in [0, 0.1) is 11.8 Å². The van der Waals surface area contributed by atoms with Crippen LogP contribution in [0.15, 0.2) is 0 Å². The Morgan fingerprint density at radius 2 is 2.07 bits per heavy atom. The number of hydrogen-bond donors (Lipinski definition) is 2. The Hall–Kier alpha value is -0.570. The Kier molecular flexibility index (Phi) is 2.52. The number of amides is 1. The molecule has 2 fully saturated rings. The molecule has 1 amide bonds. The van der Waals surface area contributed by atoms with Crippen LogP contribution in [0.5, 0.6) is 0 Å². The van der Waals surface area contributed by atoms with Crippen LogP contribution < -0.4 is 11.1 Å². The van der Waals surface area contributed by atoms with Gasteiger partial charge in [-0.3, -0.25) is 4.79 Å². The first-order chi connectivity index (χ1) is 6.61. The van der Waals surface area contributed by atoms with Gasteiger partial charge in [0.1, 0.15) is 0 Å². The smallest absolute Gasteiger partial charge is 0.223 e. The number of nitrogens with one attached hydrogen (secondary N) is 1. The maximum absolute atomic E-state index is 11.5. The molecule has 0 aromatic heterocycles. The van der Waals surface area contributed by atoms with E-state index in [0.717, 1.165) is 19.3 Å². The molecular formula is C11H20N2O. The third-order valence-electron chi connectivity index (χ3n) is 3.66. The summed E-state index contributed by atoms with van der Waals surface area (Å²) in [5.41, 5.74) is 6.04. The summed E-state index contributed by atoms with van der Waals surface area (Å²) in [6.45, 7) is 2.80. The monoisotopic (exact) mass is 196 g/mol. The van der Waals surface area contributed by atoms with Crippen molar-refractivity contribution in [3.63, 3.8) is 0 Å². The Balaban J connectivity index is 1.73. The minimum atomic E-state index is -0.103. The molecule has 0 aromatic carbocycles. The van der Waals surface area contributed by atoms with Crippen LogP contribution in [0.25, 0.3) is 0 Å². The molecule has 3 nitrogen and oxygen atoms in total. The summed E-state index contributed by atoms with van der Waals surface area (Å²) < 4.78 is 0. The number of nitrogens with two attached hydrogens (primary N) is 1. The summed E-state index contributed by atoms with van der Waals surface area (Å²) >= 11 is 0. The first-order valence-electron chi connectivity index (χ1n) is 5.67. The fourth-order valence-electron chi connectivity index (χ4n) is 2.34. The minimum absolute atomic E-state index is 0.103. The molecule has 0 saturated heterocycles. The summed E-state index contributed by atoms with van der Waals surface area (Å²) in [5, 5.41) is 2.99. The van der Waals surface area contributed by atoms with Gasteiger partial charge in [-0.05, 0) is 25.2 Å². The van der Waals surface area contributed by atoms with Crippen molar-refractivity contribution in [2.75, 3.05) is 6.54 Å². The first-order valence-corrected chi connectivity index (χ1v) is 5.67. The van der Waals surface area contributed by atoms with Crippen molar-refractivity contribution in [2.24, 2.45) is 17.6 Å². The van der Waals surface area contributed by atoms with Gasteiger partial charge in [-0.1, -0.05) is 19.8 Å². The van der Waals surface area contributed by atoms with Crippen molar-refractivity contribution in [3.05, 3.63) is 0 Å². The molecule has 2 rings (SSSR count). The standard InChI is InChI=1S/C11H20N2O/c1-8-6-9(8)10(14)13-7-11(12)4-2-3-5-11/h8-9H,2-7,12H2,1H3,(H,13,14). The van der Waals surface area contributed by atoms with Crippen LogP contribution in [-0.4, -0.2) is 18.0 Å². The van der Waals surface area contributed by atoms with Crippen LogP contribution in [-0.2, 0) is 4.79 Å². The maximum atomic E-state index is 11.5. The van der Waals surface area contributed by atoms with Gasteiger partial charge in [0.15, 0.2) is 0 Å². The average Bonchev–Trinajstić information content (AvgIpc) is 2.71. The van der Waals surface area contributed by atoms with Crippen LogP contribution >= 0.6 is 0 Å². The van der Waals surface area contributed by atoms with Crippen LogP contribution in [0.2, 0.25) is 0 Å². The lowest BCUT2D eigenvalue weighted by molar-refractivity contribution is -0.122. The molecular weight excluding hydrogens is 176 g/mol. The number of hydrogen-bond acceptors (Lipinski definition) is 2. The van der Waals surface area contributed by atoms with Crippen molar-refractivity contribution in [2.45, 2.75) is 44.6 Å². The SMILES string of the molecule is CC1CC1C(=O)NCC1(N)CCCC1. The highest BCUT2D eigenvalue weighted by Crippen LogP contribution is 2.37. The highest BCUT2D eigenvalue weighted by atomic mass is 16.2. The van der Waals surface area contributed by atoms with Gasteiger partial charge in [0, 0.05) is 18.0 Å². The Morgan fingerprint density at radius 1 is 1.50 bits per heavy atom. The van der Waals surface area contributed by atoms with Gasteiger partial charge in [-0.15, -0.1) is 0 Å². The second-order valence-corrected chi connectivity index (χ2v) is 5.11. The fourth-order valence-corrected chi connectivity index (χ4v) is 2.34. The van der Waals surface area contributed by atoms with E-state index in [4.69, 9.17) is 5.73 Å². The second kappa shape index (κ2) is 3.54.